The third-order valence-electron chi connectivity index (χ3n) is 2.03. The van der Waals surface area contributed by atoms with E-state index in [1.165, 1.54) is 0 Å². The van der Waals surface area contributed by atoms with Crippen molar-refractivity contribution in [2.45, 2.75) is 13.3 Å². The summed E-state index contributed by atoms with van der Waals surface area (Å²) in [4.78, 5) is 8.59. The number of halogens is 1. The number of rotatable bonds is 3. The minimum absolute atomic E-state index is 0.748. The molecule has 2 rings (SSSR count). The van der Waals surface area contributed by atoms with Gasteiger partial charge in [-0.3, -0.25) is 4.68 Å². The molecule has 5 nitrogen and oxygen atoms in total. The van der Waals surface area contributed by atoms with Gasteiger partial charge in [-0.1, -0.05) is 6.92 Å². The summed E-state index contributed by atoms with van der Waals surface area (Å²) in [6.45, 7) is 2.02. The molecular formula is C10H12BrN5. The van der Waals surface area contributed by atoms with Crippen LogP contribution in [0.2, 0.25) is 0 Å². The van der Waals surface area contributed by atoms with Crippen LogP contribution in [0, 0.1) is 0 Å². The van der Waals surface area contributed by atoms with Gasteiger partial charge in [0.05, 0.1) is 0 Å². The molecule has 6 heteroatoms. The molecule has 16 heavy (non-hydrogen) atoms. The zero-order chi connectivity index (χ0) is 11.5. The number of aromatic nitrogens is 4. The Hall–Kier alpha value is -1.43. The molecule has 0 saturated carbocycles. The smallest absolute Gasteiger partial charge is 0.153 e. The minimum Gasteiger partial charge on any atom is -0.323 e. The van der Waals surface area contributed by atoms with Gasteiger partial charge in [0.2, 0.25) is 0 Å². The molecule has 0 aliphatic rings. The van der Waals surface area contributed by atoms with Crippen LogP contribution in [0.3, 0.4) is 0 Å². The van der Waals surface area contributed by atoms with E-state index < -0.39 is 0 Å². The lowest BCUT2D eigenvalue weighted by Gasteiger charge is -2.04. The largest absolute Gasteiger partial charge is 0.323 e. The quantitative estimate of drug-likeness (QED) is 0.877. The standard InChI is InChI=1S/C10H12BrN5/c1-3-8-12-7(11)6-10(13-8)14-9-4-5-16(2)15-9/h4-6H,3H2,1-2H3,(H,12,13,14,15). The number of aryl methyl sites for hydroxylation is 2. The van der Waals surface area contributed by atoms with Gasteiger partial charge in [0.15, 0.2) is 5.82 Å². The summed E-state index contributed by atoms with van der Waals surface area (Å²) in [6.07, 6.45) is 2.68. The highest BCUT2D eigenvalue weighted by Gasteiger charge is 2.03. The van der Waals surface area contributed by atoms with E-state index in [1.807, 2.05) is 32.3 Å². The van der Waals surface area contributed by atoms with E-state index in [9.17, 15) is 0 Å². The van der Waals surface area contributed by atoms with Gasteiger partial charge >= 0.3 is 0 Å². The SMILES string of the molecule is CCc1nc(Br)cc(Nc2ccn(C)n2)n1. The Balaban J connectivity index is 2.24. The minimum atomic E-state index is 0.748. The fourth-order valence-corrected chi connectivity index (χ4v) is 1.72. The maximum absolute atomic E-state index is 4.36. The van der Waals surface area contributed by atoms with Crippen molar-refractivity contribution in [2.24, 2.45) is 7.05 Å². The second-order valence-electron chi connectivity index (χ2n) is 3.35. The first kappa shape index (κ1) is 11.1. The lowest BCUT2D eigenvalue weighted by atomic mass is 10.4. The molecule has 0 aliphatic heterocycles. The number of hydrogen-bond donors (Lipinski definition) is 1. The summed E-state index contributed by atoms with van der Waals surface area (Å²) in [5.41, 5.74) is 0. The first-order valence-electron chi connectivity index (χ1n) is 4.97. The van der Waals surface area contributed by atoms with Gasteiger partial charge in [-0.15, -0.1) is 0 Å². The first-order chi connectivity index (χ1) is 7.67. The second-order valence-corrected chi connectivity index (χ2v) is 4.16. The Kier molecular flexibility index (Phi) is 3.19. The maximum Gasteiger partial charge on any atom is 0.153 e. The zero-order valence-electron chi connectivity index (χ0n) is 9.11. The van der Waals surface area contributed by atoms with E-state index in [1.54, 1.807) is 4.68 Å². The van der Waals surface area contributed by atoms with Gasteiger partial charge in [0.1, 0.15) is 16.2 Å². The monoisotopic (exact) mass is 281 g/mol. The lowest BCUT2D eigenvalue weighted by Crippen LogP contribution is -2.00. The predicted octanol–water partition coefficient (Wildman–Crippen LogP) is 2.28. The van der Waals surface area contributed by atoms with Gasteiger partial charge < -0.3 is 5.32 Å². The third-order valence-corrected chi connectivity index (χ3v) is 2.43. The fraction of sp³-hybridized carbons (Fsp3) is 0.300. The molecule has 2 heterocycles. The fourth-order valence-electron chi connectivity index (χ4n) is 1.30. The summed E-state index contributed by atoms with van der Waals surface area (Å²) < 4.78 is 2.51. The third kappa shape index (κ3) is 2.57. The molecule has 0 aliphatic carbocycles. The molecule has 0 fully saturated rings. The molecule has 2 aromatic heterocycles. The highest BCUT2D eigenvalue weighted by Crippen LogP contribution is 2.16. The van der Waals surface area contributed by atoms with Gasteiger partial charge in [-0.2, -0.15) is 5.10 Å². The van der Waals surface area contributed by atoms with Crippen LogP contribution >= 0.6 is 15.9 Å². The van der Waals surface area contributed by atoms with Crippen LogP contribution in [0.25, 0.3) is 0 Å². The number of nitrogens with one attached hydrogen (secondary N) is 1. The van der Waals surface area contributed by atoms with Crippen LogP contribution in [0.1, 0.15) is 12.7 Å². The summed E-state index contributed by atoms with van der Waals surface area (Å²) in [6, 6.07) is 3.72. The molecule has 0 amide bonds. The van der Waals surface area contributed by atoms with E-state index in [4.69, 9.17) is 0 Å². The highest BCUT2D eigenvalue weighted by molar-refractivity contribution is 9.10. The second kappa shape index (κ2) is 4.61. The molecule has 2 aromatic rings. The van der Waals surface area contributed by atoms with E-state index >= 15 is 0 Å². The lowest BCUT2D eigenvalue weighted by molar-refractivity contribution is 0.771. The van der Waals surface area contributed by atoms with Crippen molar-refractivity contribution in [1.82, 2.24) is 19.7 Å². The van der Waals surface area contributed by atoms with Gasteiger partial charge in [0, 0.05) is 31.8 Å². The normalized spacial score (nSPS) is 10.4. The van der Waals surface area contributed by atoms with E-state index in [2.05, 4.69) is 36.3 Å². The van der Waals surface area contributed by atoms with Crippen molar-refractivity contribution in [2.75, 3.05) is 5.32 Å². The van der Waals surface area contributed by atoms with Crippen LogP contribution in [0.5, 0.6) is 0 Å². The van der Waals surface area contributed by atoms with Crippen molar-refractivity contribution in [3.05, 3.63) is 28.8 Å². The van der Waals surface area contributed by atoms with Crippen molar-refractivity contribution in [3.63, 3.8) is 0 Å². The average Bonchev–Trinajstić information content (AvgIpc) is 2.63. The van der Waals surface area contributed by atoms with Gasteiger partial charge in [0.25, 0.3) is 0 Å². The summed E-state index contributed by atoms with van der Waals surface area (Å²) in [5, 5.41) is 7.35. The number of hydrogen-bond acceptors (Lipinski definition) is 4. The van der Waals surface area contributed by atoms with Crippen LogP contribution in [-0.2, 0) is 13.5 Å². The molecule has 0 bridgehead atoms. The van der Waals surface area contributed by atoms with Gasteiger partial charge in [-0.25, -0.2) is 9.97 Å². The molecular weight excluding hydrogens is 270 g/mol. The molecule has 0 spiro atoms. The Morgan fingerprint density at radius 2 is 2.19 bits per heavy atom. The van der Waals surface area contributed by atoms with E-state index in [0.29, 0.717) is 0 Å². The van der Waals surface area contributed by atoms with Crippen molar-refractivity contribution in [3.8, 4) is 0 Å². The number of anilines is 2. The van der Waals surface area contributed by atoms with Crippen LogP contribution in [0.4, 0.5) is 11.6 Å². The van der Waals surface area contributed by atoms with E-state index in [0.717, 1.165) is 28.5 Å². The van der Waals surface area contributed by atoms with Gasteiger partial charge in [-0.05, 0) is 15.9 Å². The van der Waals surface area contributed by atoms with Crippen LogP contribution < -0.4 is 5.32 Å². The van der Waals surface area contributed by atoms with Crippen LogP contribution in [-0.4, -0.2) is 19.7 Å². The van der Waals surface area contributed by atoms with Crippen molar-refractivity contribution < 1.29 is 0 Å². The Labute approximate surface area is 102 Å². The first-order valence-corrected chi connectivity index (χ1v) is 5.77. The zero-order valence-corrected chi connectivity index (χ0v) is 10.7. The summed E-state index contributed by atoms with van der Waals surface area (Å²) >= 11 is 3.36. The maximum atomic E-state index is 4.36. The Bertz CT molecular complexity index is 494. The topological polar surface area (TPSA) is 55.6 Å². The van der Waals surface area contributed by atoms with E-state index in [-0.39, 0.29) is 0 Å². The Morgan fingerprint density at radius 3 is 2.81 bits per heavy atom. The van der Waals surface area contributed by atoms with Crippen LogP contribution in [0.15, 0.2) is 22.9 Å². The Morgan fingerprint density at radius 1 is 1.38 bits per heavy atom. The molecule has 84 valence electrons. The van der Waals surface area contributed by atoms with Crippen molar-refractivity contribution >= 4 is 27.6 Å². The molecule has 0 unspecified atom stereocenters. The molecule has 0 aromatic carbocycles. The summed E-state index contributed by atoms with van der Waals surface area (Å²) in [7, 11) is 1.87. The predicted molar refractivity (Wildman–Crippen MR) is 65.6 cm³/mol. The molecule has 1 N–H and O–H groups in total. The highest BCUT2D eigenvalue weighted by atomic mass is 79.9. The molecule has 0 saturated heterocycles. The average molecular weight is 282 g/mol. The molecule has 0 atom stereocenters. The van der Waals surface area contributed by atoms with Crippen molar-refractivity contribution in [1.29, 1.82) is 0 Å². The molecule has 0 radical (unpaired) electrons. The number of nitrogens with zero attached hydrogens (tertiary/aromatic N) is 4. The summed E-state index contributed by atoms with van der Waals surface area (Å²) in [5.74, 6) is 2.32.